The van der Waals surface area contributed by atoms with E-state index in [1.165, 1.54) is 0 Å². The van der Waals surface area contributed by atoms with Gasteiger partial charge in [0.05, 0.1) is 16.6 Å². The molecule has 0 saturated carbocycles. The Hall–Kier alpha value is -1.56. The van der Waals surface area contributed by atoms with E-state index in [-0.39, 0.29) is 6.79 Å². The first-order chi connectivity index (χ1) is 9.66. The molecule has 0 bridgehead atoms. The molecule has 20 heavy (non-hydrogen) atoms. The van der Waals surface area contributed by atoms with E-state index in [9.17, 15) is 5.11 Å². The SMILES string of the molecule is NC(c1ccccc1)C(O)c1cc(Br)c2c(c1)OCO2. The van der Waals surface area contributed by atoms with Crippen molar-refractivity contribution in [3.8, 4) is 11.5 Å². The molecule has 0 aliphatic carbocycles. The zero-order chi connectivity index (χ0) is 14.1. The molecule has 0 fully saturated rings. The highest BCUT2D eigenvalue weighted by atomic mass is 79.9. The fourth-order valence-electron chi connectivity index (χ4n) is 2.22. The maximum Gasteiger partial charge on any atom is 0.231 e. The fraction of sp³-hybridized carbons (Fsp3) is 0.200. The van der Waals surface area contributed by atoms with Crippen LogP contribution in [0.25, 0.3) is 0 Å². The topological polar surface area (TPSA) is 64.7 Å². The Morgan fingerprint density at radius 2 is 1.85 bits per heavy atom. The summed E-state index contributed by atoms with van der Waals surface area (Å²) in [5, 5.41) is 10.5. The number of benzene rings is 2. The Bertz CT molecular complexity index is 618. The zero-order valence-electron chi connectivity index (χ0n) is 10.6. The second kappa shape index (κ2) is 5.44. The number of aliphatic hydroxyl groups is 1. The maximum atomic E-state index is 10.5. The summed E-state index contributed by atoms with van der Waals surface area (Å²) in [6.45, 7) is 0.193. The van der Waals surface area contributed by atoms with E-state index in [0.717, 1.165) is 10.0 Å². The molecular formula is C15H14BrNO3. The highest BCUT2D eigenvalue weighted by Crippen LogP contribution is 2.42. The van der Waals surface area contributed by atoms with E-state index < -0.39 is 12.1 Å². The van der Waals surface area contributed by atoms with Crippen molar-refractivity contribution in [2.45, 2.75) is 12.1 Å². The molecule has 5 heteroatoms. The predicted octanol–water partition coefficient (Wildman–Crippen LogP) is 2.91. The molecule has 2 aromatic rings. The van der Waals surface area contributed by atoms with Crippen LogP contribution >= 0.6 is 15.9 Å². The molecule has 2 atom stereocenters. The van der Waals surface area contributed by atoms with Crippen LogP contribution in [0, 0.1) is 0 Å². The second-order valence-corrected chi connectivity index (χ2v) is 5.47. The van der Waals surface area contributed by atoms with E-state index in [0.29, 0.717) is 17.1 Å². The molecule has 3 N–H and O–H groups in total. The van der Waals surface area contributed by atoms with Gasteiger partial charge in [0.15, 0.2) is 11.5 Å². The van der Waals surface area contributed by atoms with Crippen molar-refractivity contribution in [3.63, 3.8) is 0 Å². The lowest BCUT2D eigenvalue weighted by molar-refractivity contribution is 0.146. The fourth-order valence-corrected chi connectivity index (χ4v) is 2.80. The number of halogens is 1. The van der Waals surface area contributed by atoms with Gasteiger partial charge in [-0.3, -0.25) is 0 Å². The Kier molecular flexibility index (Phi) is 3.65. The van der Waals surface area contributed by atoms with Crippen LogP contribution in [0.15, 0.2) is 46.9 Å². The summed E-state index contributed by atoms with van der Waals surface area (Å²) in [6, 6.07) is 12.6. The largest absolute Gasteiger partial charge is 0.454 e. The zero-order valence-corrected chi connectivity index (χ0v) is 12.2. The number of aliphatic hydroxyl groups excluding tert-OH is 1. The van der Waals surface area contributed by atoms with E-state index in [1.807, 2.05) is 30.3 Å². The minimum absolute atomic E-state index is 0.193. The summed E-state index contributed by atoms with van der Waals surface area (Å²) >= 11 is 3.41. The third-order valence-corrected chi connectivity index (χ3v) is 3.90. The molecule has 0 aromatic heterocycles. The van der Waals surface area contributed by atoms with Gasteiger partial charge in [-0.25, -0.2) is 0 Å². The Labute approximate surface area is 125 Å². The van der Waals surface area contributed by atoms with Gasteiger partial charge in [0.1, 0.15) is 0 Å². The Morgan fingerprint density at radius 3 is 2.60 bits per heavy atom. The van der Waals surface area contributed by atoms with Gasteiger partial charge in [-0.2, -0.15) is 0 Å². The lowest BCUT2D eigenvalue weighted by Crippen LogP contribution is -2.19. The number of nitrogens with two attached hydrogens (primary N) is 1. The predicted molar refractivity (Wildman–Crippen MR) is 78.6 cm³/mol. The van der Waals surface area contributed by atoms with Crippen molar-refractivity contribution < 1.29 is 14.6 Å². The second-order valence-electron chi connectivity index (χ2n) is 4.62. The third kappa shape index (κ3) is 2.40. The monoisotopic (exact) mass is 335 g/mol. The van der Waals surface area contributed by atoms with Crippen LogP contribution in [0.2, 0.25) is 0 Å². The van der Waals surface area contributed by atoms with Crippen LogP contribution in [0.1, 0.15) is 23.3 Å². The minimum Gasteiger partial charge on any atom is -0.454 e. The van der Waals surface area contributed by atoms with Crippen LogP contribution in [0.3, 0.4) is 0 Å². The minimum atomic E-state index is -0.816. The first kappa shape index (κ1) is 13.4. The van der Waals surface area contributed by atoms with Crippen molar-refractivity contribution in [1.82, 2.24) is 0 Å². The Balaban J connectivity index is 1.91. The summed E-state index contributed by atoms with van der Waals surface area (Å²) < 4.78 is 11.4. The first-order valence-electron chi connectivity index (χ1n) is 6.24. The van der Waals surface area contributed by atoms with Crippen LogP contribution in [0.5, 0.6) is 11.5 Å². The number of fused-ring (bicyclic) bond motifs is 1. The molecule has 1 aliphatic rings. The molecule has 104 valence electrons. The summed E-state index contributed by atoms with van der Waals surface area (Å²) in [6.07, 6.45) is -0.816. The van der Waals surface area contributed by atoms with Gasteiger partial charge in [0.2, 0.25) is 6.79 Å². The third-order valence-electron chi connectivity index (χ3n) is 3.32. The first-order valence-corrected chi connectivity index (χ1v) is 7.04. The van der Waals surface area contributed by atoms with Gasteiger partial charge >= 0.3 is 0 Å². The van der Waals surface area contributed by atoms with Gasteiger partial charge in [-0.15, -0.1) is 0 Å². The average molecular weight is 336 g/mol. The summed E-state index contributed by atoms with van der Waals surface area (Å²) in [5.74, 6) is 1.28. The maximum absolute atomic E-state index is 10.5. The van der Waals surface area contributed by atoms with Gasteiger partial charge in [0, 0.05) is 0 Å². The van der Waals surface area contributed by atoms with Crippen LogP contribution < -0.4 is 15.2 Å². The van der Waals surface area contributed by atoms with Crippen molar-refractivity contribution >= 4 is 15.9 Å². The molecule has 2 unspecified atom stereocenters. The molecule has 0 amide bonds. The number of ether oxygens (including phenoxy) is 2. The average Bonchev–Trinajstić information content (AvgIpc) is 2.95. The summed E-state index contributed by atoms with van der Waals surface area (Å²) in [7, 11) is 0. The van der Waals surface area contributed by atoms with Gasteiger partial charge < -0.3 is 20.3 Å². The molecule has 1 heterocycles. The molecule has 1 aliphatic heterocycles. The molecule has 0 radical (unpaired) electrons. The molecule has 0 spiro atoms. The van der Waals surface area contributed by atoms with E-state index in [2.05, 4.69) is 15.9 Å². The summed E-state index contributed by atoms with van der Waals surface area (Å²) in [4.78, 5) is 0. The normalized spacial score (nSPS) is 15.9. The van der Waals surface area contributed by atoms with E-state index in [4.69, 9.17) is 15.2 Å². The lowest BCUT2D eigenvalue weighted by Gasteiger charge is -2.20. The number of hydrogen-bond donors (Lipinski definition) is 2. The number of hydrogen-bond acceptors (Lipinski definition) is 4. The molecular weight excluding hydrogens is 322 g/mol. The highest BCUT2D eigenvalue weighted by Gasteiger charge is 2.24. The smallest absolute Gasteiger partial charge is 0.231 e. The lowest BCUT2D eigenvalue weighted by atomic mass is 9.96. The van der Waals surface area contributed by atoms with Crippen molar-refractivity contribution in [1.29, 1.82) is 0 Å². The van der Waals surface area contributed by atoms with Crippen molar-refractivity contribution in [2.75, 3.05) is 6.79 Å². The molecule has 0 saturated heterocycles. The van der Waals surface area contributed by atoms with Gasteiger partial charge in [-0.1, -0.05) is 30.3 Å². The molecule has 3 rings (SSSR count). The highest BCUT2D eigenvalue weighted by molar-refractivity contribution is 9.10. The molecule has 4 nitrogen and oxygen atoms in total. The van der Waals surface area contributed by atoms with Crippen LogP contribution in [-0.2, 0) is 0 Å². The van der Waals surface area contributed by atoms with Crippen molar-refractivity contribution in [2.24, 2.45) is 5.73 Å². The van der Waals surface area contributed by atoms with Crippen LogP contribution in [-0.4, -0.2) is 11.9 Å². The molecule has 2 aromatic carbocycles. The van der Waals surface area contributed by atoms with E-state index >= 15 is 0 Å². The Morgan fingerprint density at radius 1 is 1.10 bits per heavy atom. The quantitative estimate of drug-likeness (QED) is 0.905. The summed E-state index contributed by atoms with van der Waals surface area (Å²) in [5.41, 5.74) is 7.70. The van der Waals surface area contributed by atoms with E-state index in [1.54, 1.807) is 12.1 Å². The standard InChI is InChI=1S/C15H14BrNO3/c16-11-6-10(7-12-15(11)20-8-19-12)14(18)13(17)9-4-2-1-3-5-9/h1-7,13-14,18H,8,17H2. The van der Waals surface area contributed by atoms with Crippen molar-refractivity contribution in [3.05, 3.63) is 58.1 Å². The van der Waals surface area contributed by atoms with Gasteiger partial charge in [0.25, 0.3) is 0 Å². The van der Waals surface area contributed by atoms with Crippen LogP contribution in [0.4, 0.5) is 0 Å². The number of rotatable bonds is 3. The van der Waals surface area contributed by atoms with Gasteiger partial charge in [-0.05, 0) is 39.2 Å².